The molecule has 32 heavy (non-hydrogen) atoms. The van der Waals surface area contributed by atoms with Crippen molar-refractivity contribution >= 4 is 28.2 Å². The lowest BCUT2D eigenvalue weighted by atomic mass is 9.97. The second-order valence-electron chi connectivity index (χ2n) is 7.73. The summed E-state index contributed by atoms with van der Waals surface area (Å²) < 4.78 is 5.32. The van der Waals surface area contributed by atoms with E-state index in [0.29, 0.717) is 23.4 Å². The van der Waals surface area contributed by atoms with Crippen molar-refractivity contribution in [1.82, 2.24) is 4.98 Å². The molecule has 1 heterocycles. The average molecular weight is 428 g/mol. The van der Waals surface area contributed by atoms with Crippen LogP contribution in [0.2, 0.25) is 0 Å². The molecule has 162 valence electrons. The number of aryl methyl sites for hydroxylation is 1. The maximum absolute atomic E-state index is 12.2. The molecule has 0 atom stereocenters. The van der Waals surface area contributed by atoms with Crippen LogP contribution in [0.3, 0.4) is 0 Å². The fourth-order valence-electron chi connectivity index (χ4n) is 3.90. The highest BCUT2D eigenvalue weighted by Crippen LogP contribution is 2.33. The Morgan fingerprint density at radius 3 is 2.59 bits per heavy atom. The summed E-state index contributed by atoms with van der Waals surface area (Å²) in [6, 6.07) is 19.5. The van der Waals surface area contributed by atoms with Crippen molar-refractivity contribution in [3.8, 4) is 5.75 Å². The van der Waals surface area contributed by atoms with Crippen LogP contribution in [0.1, 0.15) is 32.6 Å². The molecular weight excluding hydrogens is 402 g/mol. The summed E-state index contributed by atoms with van der Waals surface area (Å²) in [5.74, 6) is 0.151. The zero-order valence-electron chi connectivity index (χ0n) is 18.1. The summed E-state index contributed by atoms with van der Waals surface area (Å²) in [4.78, 5) is 16.7. The summed E-state index contributed by atoms with van der Waals surface area (Å²) in [6.45, 7) is 2.01. The Morgan fingerprint density at radius 2 is 1.84 bits per heavy atom. The molecule has 4 N–H and O–H groups in total. The van der Waals surface area contributed by atoms with Crippen molar-refractivity contribution in [2.24, 2.45) is 5.73 Å². The number of nitrogens with one attached hydrogen (secondary N) is 1. The van der Waals surface area contributed by atoms with Crippen LogP contribution < -0.4 is 15.8 Å². The van der Waals surface area contributed by atoms with Crippen LogP contribution in [-0.2, 0) is 13.0 Å². The first-order chi connectivity index (χ1) is 15.5. The fraction of sp³-hybridized carbons (Fsp3) is 0.154. The summed E-state index contributed by atoms with van der Waals surface area (Å²) in [5.41, 5.74) is 12.2. The Balaban J connectivity index is 1.84. The van der Waals surface area contributed by atoms with Crippen LogP contribution in [0.25, 0.3) is 10.9 Å². The molecule has 0 radical (unpaired) electrons. The molecule has 4 aromatic rings. The van der Waals surface area contributed by atoms with Gasteiger partial charge in [-0.1, -0.05) is 36.4 Å². The van der Waals surface area contributed by atoms with Crippen LogP contribution in [0.15, 0.2) is 66.9 Å². The van der Waals surface area contributed by atoms with Crippen LogP contribution >= 0.6 is 0 Å². The summed E-state index contributed by atoms with van der Waals surface area (Å²) >= 11 is 0. The van der Waals surface area contributed by atoms with E-state index in [4.69, 9.17) is 10.5 Å². The standard InChI is InChI=1S/C26H25N3O3/c1-16-9-19(11-17-5-3-6-18(10-17)15-30)12-22-24(16)28-14-23(26(27)31)25(22)29-20-7-4-8-21(13-20)32-2/h3-10,12-14,30H,11,15H2,1-2H3,(H2,27,31)(H,28,29). The van der Waals surface area contributed by atoms with Gasteiger partial charge in [0.05, 0.1) is 30.5 Å². The van der Waals surface area contributed by atoms with Gasteiger partial charge in [-0.25, -0.2) is 0 Å². The van der Waals surface area contributed by atoms with Crippen molar-refractivity contribution in [3.05, 3.63) is 94.7 Å². The van der Waals surface area contributed by atoms with Gasteiger partial charge in [-0.05, 0) is 53.8 Å². The number of aromatic nitrogens is 1. The molecular formula is C26H25N3O3. The normalized spacial score (nSPS) is 10.8. The Morgan fingerprint density at radius 1 is 1.06 bits per heavy atom. The molecule has 0 spiro atoms. The third-order valence-electron chi connectivity index (χ3n) is 5.41. The number of amides is 1. The second kappa shape index (κ2) is 9.08. The molecule has 0 aliphatic carbocycles. The fourth-order valence-corrected chi connectivity index (χ4v) is 3.90. The van der Waals surface area contributed by atoms with Gasteiger partial charge in [0, 0.05) is 23.3 Å². The predicted molar refractivity (Wildman–Crippen MR) is 126 cm³/mol. The number of benzene rings is 3. The van der Waals surface area contributed by atoms with E-state index in [1.54, 1.807) is 7.11 Å². The number of nitrogens with two attached hydrogens (primary N) is 1. The average Bonchev–Trinajstić information content (AvgIpc) is 2.79. The van der Waals surface area contributed by atoms with E-state index in [1.807, 2.05) is 61.5 Å². The van der Waals surface area contributed by atoms with Gasteiger partial charge in [0.25, 0.3) is 5.91 Å². The van der Waals surface area contributed by atoms with E-state index in [2.05, 4.69) is 16.4 Å². The number of ether oxygens (including phenoxy) is 1. The third kappa shape index (κ3) is 4.40. The molecule has 0 aliphatic rings. The van der Waals surface area contributed by atoms with Gasteiger partial charge in [0.15, 0.2) is 0 Å². The topological polar surface area (TPSA) is 97.5 Å². The number of nitrogens with zero attached hydrogens (tertiary/aromatic N) is 1. The first kappa shape index (κ1) is 21.3. The molecule has 4 rings (SSSR count). The Kier molecular flexibility index (Phi) is 6.05. The molecule has 1 amide bonds. The molecule has 6 nitrogen and oxygen atoms in total. The van der Waals surface area contributed by atoms with Crippen LogP contribution in [-0.4, -0.2) is 23.1 Å². The lowest BCUT2D eigenvalue weighted by Gasteiger charge is -2.16. The van der Waals surface area contributed by atoms with Gasteiger partial charge in [0.1, 0.15) is 5.75 Å². The molecule has 0 saturated carbocycles. The number of primary amides is 1. The minimum absolute atomic E-state index is 0.00505. The first-order valence-electron chi connectivity index (χ1n) is 10.3. The van der Waals surface area contributed by atoms with Crippen molar-refractivity contribution in [2.45, 2.75) is 20.0 Å². The molecule has 0 unspecified atom stereocenters. The van der Waals surface area contributed by atoms with Gasteiger partial charge in [-0.15, -0.1) is 0 Å². The predicted octanol–water partition coefficient (Wildman–Crippen LogP) is 4.48. The monoisotopic (exact) mass is 427 g/mol. The van der Waals surface area contributed by atoms with E-state index in [0.717, 1.165) is 38.8 Å². The van der Waals surface area contributed by atoms with E-state index in [9.17, 15) is 9.90 Å². The van der Waals surface area contributed by atoms with Gasteiger partial charge in [-0.3, -0.25) is 9.78 Å². The Hall–Kier alpha value is -3.90. The SMILES string of the molecule is COc1cccc(Nc2c(C(N)=O)cnc3c(C)cc(Cc4cccc(CO)c4)cc23)c1. The number of carbonyl (C=O) groups excluding carboxylic acids is 1. The lowest BCUT2D eigenvalue weighted by molar-refractivity contribution is 0.100. The number of methoxy groups -OCH3 is 1. The van der Waals surface area contributed by atoms with Crippen molar-refractivity contribution in [2.75, 3.05) is 12.4 Å². The number of aliphatic hydroxyl groups is 1. The Bertz CT molecular complexity index is 1300. The van der Waals surface area contributed by atoms with Crippen LogP contribution in [0.5, 0.6) is 5.75 Å². The molecule has 0 fully saturated rings. The van der Waals surface area contributed by atoms with Gasteiger partial charge < -0.3 is 20.9 Å². The van der Waals surface area contributed by atoms with Crippen molar-refractivity contribution < 1.29 is 14.6 Å². The highest BCUT2D eigenvalue weighted by Gasteiger charge is 2.16. The maximum atomic E-state index is 12.2. The Labute approximate surface area is 186 Å². The van der Waals surface area contributed by atoms with E-state index in [-0.39, 0.29) is 6.61 Å². The van der Waals surface area contributed by atoms with Crippen LogP contribution in [0, 0.1) is 6.92 Å². The minimum Gasteiger partial charge on any atom is -0.497 e. The number of fused-ring (bicyclic) bond motifs is 1. The van der Waals surface area contributed by atoms with E-state index in [1.165, 1.54) is 6.20 Å². The number of pyridine rings is 1. The smallest absolute Gasteiger partial charge is 0.252 e. The minimum atomic E-state index is -0.552. The molecule has 1 aromatic heterocycles. The van der Waals surface area contributed by atoms with Gasteiger partial charge >= 0.3 is 0 Å². The second-order valence-corrected chi connectivity index (χ2v) is 7.73. The number of hydrogen-bond acceptors (Lipinski definition) is 5. The van der Waals surface area contributed by atoms with Gasteiger partial charge in [-0.2, -0.15) is 0 Å². The number of rotatable bonds is 7. The van der Waals surface area contributed by atoms with Gasteiger partial charge in [0.2, 0.25) is 0 Å². The van der Waals surface area contributed by atoms with Crippen molar-refractivity contribution in [3.63, 3.8) is 0 Å². The summed E-state index contributed by atoms with van der Waals surface area (Å²) in [5, 5.41) is 13.6. The molecule has 0 bridgehead atoms. The number of carbonyl (C=O) groups is 1. The highest BCUT2D eigenvalue weighted by molar-refractivity contribution is 6.08. The van der Waals surface area contributed by atoms with Crippen LogP contribution in [0.4, 0.5) is 11.4 Å². The molecule has 6 heteroatoms. The zero-order valence-corrected chi connectivity index (χ0v) is 18.1. The van der Waals surface area contributed by atoms with E-state index < -0.39 is 5.91 Å². The first-order valence-corrected chi connectivity index (χ1v) is 10.3. The summed E-state index contributed by atoms with van der Waals surface area (Å²) in [7, 11) is 1.61. The maximum Gasteiger partial charge on any atom is 0.252 e. The largest absolute Gasteiger partial charge is 0.497 e. The highest BCUT2D eigenvalue weighted by atomic mass is 16.5. The van der Waals surface area contributed by atoms with Crippen molar-refractivity contribution in [1.29, 1.82) is 0 Å². The lowest BCUT2D eigenvalue weighted by Crippen LogP contribution is -2.14. The van der Waals surface area contributed by atoms with E-state index >= 15 is 0 Å². The molecule has 3 aromatic carbocycles. The number of anilines is 2. The quantitative estimate of drug-likeness (QED) is 0.404. The number of aliphatic hydroxyl groups excluding tert-OH is 1. The number of hydrogen-bond donors (Lipinski definition) is 3. The summed E-state index contributed by atoms with van der Waals surface area (Å²) in [6.07, 6.45) is 2.20. The molecule has 0 aliphatic heterocycles. The third-order valence-corrected chi connectivity index (χ3v) is 5.41. The molecule has 0 saturated heterocycles. The zero-order chi connectivity index (χ0) is 22.7.